The average molecular weight is 223 g/mol. The van der Waals surface area contributed by atoms with Crippen molar-refractivity contribution >= 4 is 11.3 Å². The molecular formula is C13H21NS. The molecule has 1 aromatic heterocycles. The van der Waals surface area contributed by atoms with Crippen molar-refractivity contribution in [2.45, 2.75) is 51.5 Å². The van der Waals surface area contributed by atoms with E-state index in [0.717, 1.165) is 6.04 Å². The van der Waals surface area contributed by atoms with Crippen LogP contribution in [-0.2, 0) is 12.8 Å². The lowest BCUT2D eigenvalue weighted by Crippen LogP contribution is -2.29. The number of thiophene rings is 1. The summed E-state index contributed by atoms with van der Waals surface area (Å²) in [6, 6.07) is 5.34. The average Bonchev–Trinajstić information content (AvgIpc) is 2.54. The van der Waals surface area contributed by atoms with E-state index in [1.54, 1.807) is 4.88 Å². The third kappa shape index (κ3) is 3.32. The van der Waals surface area contributed by atoms with E-state index in [-0.39, 0.29) is 0 Å². The first-order valence-electron chi connectivity index (χ1n) is 6.19. The van der Waals surface area contributed by atoms with Crippen LogP contribution in [0.2, 0.25) is 0 Å². The number of nitrogens with one attached hydrogen (secondary N) is 1. The molecule has 0 amide bonds. The molecule has 1 atom stereocenters. The van der Waals surface area contributed by atoms with Crippen LogP contribution in [0.3, 0.4) is 0 Å². The van der Waals surface area contributed by atoms with Crippen LogP contribution >= 0.6 is 11.3 Å². The number of aryl methyl sites for hydroxylation is 1. The Morgan fingerprint density at radius 2 is 2.13 bits per heavy atom. The molecule has 1 aliphatic rings. The van der Waals surface area contributed by atoms with Gasteiger partial charge in [-0.1, -0.05) is 19.8 Å². The minimum Gasteiger partial charge on any atom is -0.314 e. The predicted molar refractivity (Wildman–Crippen MR) is 67.7 cm³/mol. The fourth-order valence-corrected chi connectivity index (χ4v) is 3.28. The Kier molecular flexibility index (Phi) is 4.21. The minimum atomic E-state index is 0.732. The molecule has 1 fully saturated rings. The summed E-state index contributed by atoms with van der Waals surface area (Å²) in [6.45, 7) is 3.45. The van der Waals surface area contributed by atoms with Crippen LogP contribution in [0.25, 0.3) is 0 Å². The molecule has 2 rings (SSSR count). The van der Waals surface area contributed by atoms with Gasteiger partial charge >= 0.3 is 0 Å². The molecule has 2 heterocycles. The van der Waals surface area contributed by atoms with E-state index in [1.807, 2.05) is 11.3 Å². The van der Waals surface area contributed by atoms with E-state index >= 15 is 0 Å². The summed E-state index contributed by atoms with van der Waals surface area (Å²) in [5.74, 6) is 0. The topological polar surface area (TPSA) is 12.0 Å². The third-order valence-electron chi connectivity index (χ3n) is 3.18. The maximum Gasteiger partial charge on any atom is 0.0115 e. The van der Waals surface area contributed by atoms with Gasteiger partial charge in [0.25, 0.3) is 0 Å². The first kappa shape index (κ1) is 11.2. The van der Waals surface area contributed by atoms with Crippen molar-refractivity contribution in [1.82, 2.24) is 5.32 Å². The van der Waals surface area contributed by atoms with Gasteiger partial charge in [0.05, 0.1) is 0 Å². The molecule has 1 N–H and O–H groups in total. The van der Waals surface area contributed by atoms with E-state index in [4.69, 9.17) is 0 Å². The van der Waals surface area contributed by atoms with Gasteiger partial charge in [-0.25, -0.2) is 0 Å². The van der Waals surface area contributed by atoms with Crippen molar-refractivity contribution in [2.24, 2.45) is 0 Å². The molecule has 1 unspecified atom stereocenters. The van der Waals surface area contributed by atoms with Gasteiger partial charge in [-0.3, -0.25) is 0 Å². The van der Waals surface area contributed by atoms with E-state index in [9.17, 15) is 0 Å². The van der Waals surface area contributed by atoms with Gasteiger partial charge < -0.3 is 5.32 Å². The highest BCUT2D eigenvalue weighted by Crippen LogP contribution is 2.20. The minimum absolute atomic E-state index is 0.732. The zero-order valence-corrected chi connectivity index (χ0v) is 10.4. The maximum atomic E-state index is 3.66. The fraction of sp³-hybridized carbons (Fsp3) is 0.692. The summed E-state index contributed by atoms with van der Waals surface area (Å²) >= 11 is 1.99. The van der Waals surface area contributed by atoms with Crippen LogP contribution in [0.4, 0.5) is 0 Å². The molecule has 0 radical (unpaired) electrons. The monoisotopic (exact) mass is 223 g/mol. The number of hydrogen-bond acceptors (Lipinski definition) is 2. The SMILES string of the molecule is CCc1ccc(CC2CCCCCN2)s1. The van der Waals surface area contributed by atoms with Gasteiger partial charge in [-0.05, 0) is 44.4 Å². The Labute approximate surface area is 96.9 Å². The third-order valence-corrected chi connectivity index (χ3v) is 4.43. The highest BCUT2D eigenvalue weighted by atomic mass is 32.1. The largest absolute Gasteiger partial charge is 0.314 e. The lowest BCUT2D eigenvalue weighted by atomic mass is 10.1. The van der Waals surface area contributed by atoms with E-state index < -0.39 is 0 Å². The summed E-state index contributed by atoms with van der Waals surface area (Å²) in [5.41, 5.74) is 0. The Hall–Kier alpha value is -0.340. The zero-order valence-electron chi connectivity index (χ0n) is 9.59. The summed E-state index contributed by atoms with van der Waals surface area (Å²) < 4.78 is 0. The van der Waals surface area contributed by atoms with Gasteiger partial charge in [0, 0.05) is 15.8 Å². The van der Waals surface area contributed by atoms with Crippen LogP contribution in [0.5, 0.6) is 0 Å². The molecule has 0 aliphatic carbocycles. The molecular weight excluding hydrogens is 202 g/mol. The summed E-state index contributed by atoms with van der Waals surface area (Å²) in [5, 5.41) is 3.66. The molecule has 15 heavy (non-hydrogen) atoms. The molecule has 1 saturated heterocycles. The van der Waals surface area contributed by atoms with Crippen molar-refractivity contribution in [3.8, 4) is 0 Å². The summed E-state index contributed by atoms with van der Waals surface area (Å²) in [6.07, 6.45) is 7.96. The van der Waals surface area contributed by atoms with Crippen LogP contribution in [0, 0.1) is 0 Å². The normalized spacial score (nSPS) is 22.6. The molecule has 84 valence electrons. The first-order chi connectivity index (χ1) is 7.38. The van der Waals surface area contributed by atoms with Crippen molar-refractivity contribution in [3.63, 3.8) is 0 Å². The highest BCUT2D eigenvalue weighted by Gasteiger charge is 2.12. The Morgan fingerprint density at radius 1 is 1.27 bits per heavy atom. The highest BCUT2D eigenvalue weighted by molar-refractivity contribution is 7.11. The zero-order chi connectivity index (χ0) is 10.5. The second-order valence-corrected chi connectivity index (χ2v) is 5.68. The quantitative estimate of drug-likeness (QED) is 0.828. The Morgan fingerprint density at radius 3 is 2.93 bits per heavy atom. The van der Waals surface area contributed by atoms with Crippen molar-refractivity contribution in [3.05, 3.63) is 21.9 Å². The second kappa shape index (κ2) is 5.66. The molecule has 2 heteroatoms. The Bertz CT molecular complexity index is 284. The lowest BCUT2D eigenvalue weighted by Gasteiger charge is -2.14. The van der Waals surface area contributed by atoms with Gasteiger partial charge in [0.2, 0.25) is 0 Å². The van der Waals surface area contributed by atoms with Gasteiger partial charge in [0.15, 0.2) is 0 Å². The van der Waals surface area contributed by atoms with Crippen LogP contribution in [-0.4, -0.2) is 12.6 Å². The lowest BCUT2D eigenvalue weighted by molar-refractivity contribution is 0.510. The Balaban J connectivity index is 1.89. The van der Waals surface area contributed by atoms with E-state index in [0.29, 0.717) is 0 Å². The van der Waals surface area contributed by atoms with Gasteiger partial charge in [-0.15, -0.1) is 11.3 Å². The van der Waals surface area contributed by atoms with Crippen LogP contribution in [0.1, 0.15) is 42.4 Å². The summed E-state index contributed by atoms with van der Waals surface area (Å²) in [7, 11) is 0. The van der Waals surface area contributed by atoms with Crippen LogP contribution < -0.4 is 5.32 Å². The van der Waals surface area contributed by atoms with Crippen LogP contribution in [0.15, 0.2) is 12.1 Å². The second-order valence-electron chi connectivity index (χ2n) is 4.43. The molecule has 1 aromatic rings. The first-order valence-corrected chi connectivity index (χ1v) is 7.01. The maximum absolute atomic E-state index is 3.66. The van der Waals surface area contributed by atoms with Gasteiger partial charge in [-0.2, -0.15) is 0 Å². The molecule has 0 spiro atoms. The summed E-state index contributed by atoms with van der Waals surface area (Å²) in [4.78, 5) is 3.09. The standard InChI is InChI=1S/C13H21NS/c1-2-12-7-8-13(15-12)10-11-6-4-3-5-9-14-11/h7-8,11,14H,2-6,9-10H2,1H3. The predicted octanol–water partition coefficient (Wildman–Crippen LogP) is 3.39. The fourth-order valence-electron chi connectivity index (χ4n) is 2.24. The van der Waals surface area contributed by atoms with Crippen molar-refractivity contribution in [1.29, 1.82) is 0 Å². The van der Waals surface area contributed by atoms with E-state index in [1.165, 1.54) is 49.9 Å². The van der Waals surface area contributed by atoms with E-state index in [2.05, 4.69) is 24.4 Å². The number of rotatable bonds is 3. The smallest absolute Gasteiger partial charge is 0.0115 e. The number of hydrogen-bond donors (Lipinski definition) is 1. The van der Waals surface area contributed by atoms with Gasteiger partial charge in [0.1, 0.15) is 0 Å². The molecule has 0 bridgehead atoms. The molecule has 0 aromatic carbocycles. The molecule has 1 aliphatic heterocycles. The van der Waals surface area contributed by atoms with Crippen molar-refractivity contribution < 1.29 is 0 Å². The van der Waals surface area contributed by atoms with Crippen molar-refractivity contribution in [2.75, 3.05) is 6.54 Å². The molecule has 1 nitrogen and oxygen atoms in total. The molecule has 0 saturated carbocycles.